The van der Waals surface area contributed by atoms with Crippen molar-refractivity contribution in [2.24, 2.45) is 0 Å². The zero-order chi connectivity index (χ0) is 18.1. The summed E-state index contributed by atoms with van der Waals surface area (Å²) in [6.45, 7) is 0. The van der Waals surface area contributed by atoms with E-state index in [2.05, 4.69) is 20.3 Å². The molecule has 6 nitrogen and oxygen atoms in total. The Morgan fingerprint density at radius 2 is 1.85 bits per heavy atom. The Morgan fingerprint density at radius 1 is 1.00 bits per heavy atom. The molecule has 7 heteroatoms. The molecule has 0 atom stereocenters. The van der Waals surface area contributed by atoms with Gasteiger partial charge in [-0.25, -0.2) is 14.4 Å². The molecule has 26 heavy (non-hydrogen) atoms. The number of hydrogen-bond donors (Lipinski definition) is 3. The van der Waals surface area contributed by atoms with Crippen LogP contribution in [0.3, 0.4) is 0 Å². The van der Waals surface area contributed by atoms with Crippen molar-refractivity contribution in [3.8, 4) is 17.0 Å². The topological polar surface area (TPSA) is 97.0 Å². The van der Waals surface area contributed by atoms with Gasteiger partial charge in [-0.05, 0) is 30.3 Å². The first-order chi connectivity index (χ1) is 12.6. The average Bonchev–Trinajstić information content (AvgIpc) is 2.64. The first-order valence-electron chi connectivity index (χ1n) is 7.83. The number of nitrogen functional groups attached to an aromatic ring is 1. The van der Waals surface area contributed by atoms with E-state index in [1.807, 2.05) is 0 Å². The molecule has 128 valence electrons. The van der Waals surface area contributed by atoms with Gasteiger partial charge in [-0.1, -0.05) is 12.1 Å². The van der Waals surface area contributed by atoms with E-state index in [1.165, 1.54) is 18.5 Å². The highest BCUT2D eigenvalue weighted by Gasteiger charge is 2.10. The molecule has 0 spiro atoms. The van der Waals surface area contributed by atoms with E-state index in [4.69, 9.17) is 5.73 Å². The zero-order valence-corrected chi connectivity index (χ0v) is 13.5. The number of anilines is 3. The molecule has 0 fully saturated rings. The molecule has 0 aliphatic rings. The second kappa shape index (κ2) is 6.29. The molecule has 2 aromatic carbocycles. The molecule has 4 N–H and O–H groups in total. The molecule has 0 saturated heterocycles. The molecular weight excluding hydrogens is 333 g/mol. The molecule has 4 aromatic rings. The predicted molar refractivity (Wildman–Crippen MR) is 98.5 cm³/mol. The number of pyridine rings is 1. The number of hydrogen-bond acceptors (Lipinski definition) is 6. The van der Waals surface area contributed by atoms with Crippen molar-refractivity contribution in [2.75, 3.05) is 11.1 Å². The third kappa shape index (κ3) is 2.86. The highest BCUT2D eigenvalue weighted by Crippen LogP contribution is 2.31. The van der Waals surface area contributed by atoms with E-state index in [9.17, 15) is 9.50 Å². The second-order valence-corrected chi connectivity index (χ2v) is 5.69. The molecule has 0 radical (unpaired) electrons. The van der Waals surface area contributed by atoms with Crippen LogP contribution in [-0.4, -0.2) is 20.1 Å². The fourth-order valence-electron chi connectivity index (χ4n) is 2.67. The van der Waals surface area contributed by atoms with Crippen LogP contribution in [0, 0.1) is 5.82 Å². The highest BCUT2D eigenvalue weighted by atomic mass is 19.1. The number of aromatic hydroxyl groups is 1. The summed E-state index contributed by atoms with van der Waals surface area (Å²) in [7, 11) is 0. The molecule has 2 aromatic heterocycles. The number of halogens is 1. The maximum absolute atomic E-state index is 14.0. The van der Waals surface area contributed by atoms with Gasteiger partial charge in [-0.15, -0.1) is 0 Å². The summed E-state index contributed by atoms with van der Waals surface area (Å²) in [5, 5.41) is 13.6. The standard InChI is InChI=1S/C19H14FN5O/c20-14-4-2-1-3-12(14)16-7-11(5-6-22-16)25-19-13-8-15(21)18(26)9-17(13)23-10-24-19/h1-10,26H,21H2,(H,22,23,24,25). The predicted octanol–water partition coefficient (Wildman–Crippen LogP) is 3.86. The van der Waals surface area contributed by atoms with Crippen LogP contribution in [0.5, 0.6) is 5.75 Å². The number of nitrogens with two attached hydrogens (primary N) is 1. The van der Waals surface area contributed by atoms with E-state index >= 15 is 0 Å². The number of phenols is 1. The largest absolute Gasteiger partial charge is 0.506 e. The van der Waals surface area contributed by atoms with Crippen LogP contribution in [0.25, 0.3) is 22.2 Å². The molecule has 0 bridgehead atoms. The molecule has 2 heterocycles. The van der Waals surface area contributed by atoms with Crippen LogP contribution in [0.1, 0.15) is 0 Å². The summed E-state index contributed by atoms with van der Waals surface area (Å²) in [5.74, 6) is 0.146. The van der Waals surface area contributed by atoms with Crippen molar-refractivity contribution in [1.29, 1.82) is 0 Å². The van der Waals surface area contributed by atoms with Crippen LogP contribution in [0.2, 0.25) is 0 Å². The van der Waals surface area contributed by atoms with Crippen molar-refractivity contribution >= 4 is 28.1 Å². The lowest BCUT2D eigenvalue weighted by molar-refractivity contribution is 0.478. The minimum absolute atomic E-state index is 0.0344. The summed E-state index contributed by atoms with van der Waals surface area (Å²) < 4.78 is 14.0. The summed E-state index contributed by atoms with van der Waals surface area (Å²) in [4.78, 5) is 12.6. The SMILES string of the molecule is Nc1cc2c(Nc3ccnc(-c4ccccc4F)c3)ncnc2cc1O. The number of aromatic nitrogens is 3. The summed E-state index contributed by atoms with van der Waals surface area (Å²) in [6, 6.07) is 13.0. The zero-order valence-electron chi connectivity index (χ0n) is 13.5. The maximum Gasteiger partial charge on any atom is 0.141 e. The van der Waals surface area contributed by atoms with E-state index < -0.39 is 0 Å². The number of nitrogens with one attached hydrogen (secondary N) is 1. The van der Waals surface area contributed by atoms with Gasteiger partial charge in [0.2, 0.25) is 0 Å². The van der Waals surface area contributed by atoms with Gasteiger partial charge in [0.25, 0.3) is 0 Å². The van der Waals surface area contributed by atoms with E-state index in [1.54, 1.807) is 42.6 Å². The van der Waals surface area contributed by atoms with Gasteiger partial charge in [0, 0.05) is 28.9 Å². The normalized spacial score (nSPS) is 10.8. The van der Waals surface area contributed by atoms with Crippen LogP contribution in [0.4, 0.5) is 21.6 Å². The third-order valence-corrected chi connectivity index (χ3v) is 3.96. The summed E-state index contributed by atoms with van der Waals surface area (Å²) in [6.07, 6.45) is 2.98. The summed E-state index contributed by atoms with van der Waals surface area (Å²) in [5.41, 5.74) is 8.17. The Morgan fingerprint density at radius 3 is 2.69 bits per heavy atom. The van der Waals surface area contributed by atoms with Gasteiger partial charge in [-0.2, -0.15) is 0 Å². The lowest BCUT2D eigenvalue weighted by Gasteiger charge is -2.11. The Labute approximate surface area is 148 Å². The average molecular weight is 347 g/mol. The monoisotopic (exact) mass is 347 g/mol. The van der Waals surface area contributed by atoms with Gasteiger partial charge >= 0.3 is 0 Å². The van der Waals surface area contributed by atoms with Gasteiger partial charge in [0.15, 0.2) is 0 Å². The lowest BCUT2D eigenvalue weighted by Crippen LogP contribution is -1.98. The van der Waals surface area contributed by atoms with Crippen molar-refractivity contribution in [3.05, 3.63) is 66.9 Å². The first-order valence-corrected chi connectivity index (χ1v) is 7.83. The van der Waals surface area contributed by atoms with Crippen LogP contribution < -0.4 is 11.1 Å². The second-order valence-electron chi connectivity index (χ2n) is 5.69. The highest BCUT2D eigenvalue weighted by molar-refractivity contribution is 5.94. The van der Waals surface area contributed by atoms with E-state index in [0.29, 0.717) is 33.7 Å². The molecule has 0 aliphatic heterocycles. The Bertz CT molecular complexity index is 1120. The number of fused-ring (bicyclic) bond motifs is 1. The number of nitrogens with zero attached hydrogens (tertiary/aromatic N) is 3. The quantitative estimate of drug-likeness (QED) is 0.385. The minimum atomic E-state index is -0.340. The van der Waals surface area contributed by atoms with Crippen molar-refractivity contribution < 1.29 is 9.50 Å². The Kier molecular flexibility index (Phi) is 3.81. The fourth-order valence-corrected chi connectivity index (χ4v) is 2.67. The smallest absolute Gasteiger partial charge is 0.141 e. The van der Waals surface area contributed by atoms with Crippen LogP contribution >= 0.6 is 0 Å². The molecule has 0 unspecified atom stereocenters. The maximum atomic E-state index is 14.0. The van der Waals surface area contributed by atoms with Crippen LogP contribution in [-0.2, 0) is 0 Å². The van der Waals surface area contributed by atoms with E-state index in [0.717, 1.165) is 0 Å². The molecule has 4 rings (SSSR count). The van der Waals surface area contributed by atoms with Crippen molar-refractivity contribution in [1.82, 2.24) is 15.0 Å². The van der Waals surface area contributed by atoms with Gasteiger partial charge in [0.1, 0.15) is 23.7 Å². The van der Waals surface area contributed by atoms with Gasteiger partial charge < -0.3 is 16.2 Å². The Hall–Kier alpha value is -3.74. The molecule has 0 amide bonds. The van der Waals surface area contributed by atoms with Crippen molar-refractivity contribution in [2.45, 2.75) is 0 Å². The number of benzene rings is 2. The minimum Gasteiger partial charge on any atom is -0.506 e. The third-order valence-electron chi connectivity index (χ3n) is 3.96. The summed E-state index contributed by atoms with van der Waals surface area (Å²) >= 11 is 0. The lowest BCUT2D eigenvalue weighted by atomic mass is 10.1. The first kappa shape index (κ1) is 15.8. The van der Waals surface area contributed by atoms with Crippen molar-refractivity contribution in [3.63, 3.8) is 0 Å². The van der Waals surface area contributed by atoms with E-state index in [-0.39, 0.29) is 17.3 Å². The number of rotatable bonds is 3. The van der Waals surface area contributed by atoms with Crippen LogP contribution in [0.15, 0.2) is 61.1 Å². The Balaban J connectivity index is 1.75. The molecule has 0 saturated carbocycles. The molecular formula is C19H14FN5O. The fraction of sp³-hybridized carbons (Fsp3) is 0. The van der Waals surface area contributed by atoms with Gasteiger partial charge in [-0.3, -0.25) is 4.98 Å². The van der Waals surface area contributed by atoms with Gasteiger partial charge in [0.05, 0.1) is 16.9 Å². The number of phenolic OH excluding ortho intramolecular Hbond substituents is 1. The molecule has 0 aliphatic carbocycles.